The zero-order valence-corrected chi connectivity index (χ0v) is 15.6. The Balaban J connectivity index is 1.79. The highest BCUT2D eigenvalue weighted by Gasteiger charge is 2.44. The molecule has 4 rings (SSSR count). The molecule has 29 heavy (non-hydrogen) atoms. The minimum atomic E-state index is -0.772. The highest BCUT2D eigenvalue weighted by atomic mass is 16.5. The summed E-state index contributed by atoms with van der Waals surface area (Å²) < 4.78 is 10.4. The maximum atomic E-state index is 13.0. The maximum absolute atomic E-state index is 13.0. The number of aliphatic hydroxyl groups excluding tert-OH is 1. The van der Waals surface area contributed by atoms with Crippen LogP contribution in [0.25, 0.3) is 0 Å². The molecular formula is C22H18N2O5. The fraction of sp³-hybridized carbons (Fsp3) is 0.136. The van der Waals surface area contributed by atoms with E-state index in [1.165, 1.54) is 17.2 Å². The molecule has 1 aromatic carbocycles. The van der Waals surface area contributed by atoms with Crippen LogP contribution >= 0.6 is 0 Å². The number of Topliss-reactive ketones (excluding diaryl/α,β-unsaturated/α-hetero) is 1. The molecule has 3 aromatic rings. The van der Waals surface area contributed by atoms with E-state index >= 15 is 0 Å². The molecular weight excluding hydrogens is 372 g/mol. The van der Waals surface area contributed by atoms with Crippen LogP contribution in [0.2, 0.25) is 0 Å². The number of benzene rings is 1. The van der Waals surface area contributed by atoms with Crippen LogP contribution in [-0.4, -0.2) is 33.8 Å². The second-order valence-electron chi connectivity index (χ2n) is 6.54. The lowest BCUT2D eigenvalue weighted by Crippen LogP contribution is -2.30. The normalized spacial score (nSPS) is 16.4. The van der Waals surface area contributed by atoms with Crippen molar-refractivity contribution >= 4 is 11.7 Å². The summed E-state index contributed by atoms with van der Waals surface area (Å²) in [4.78, 5) is 31.5. The number of methoxy groups -OCH3 is 1. The second-order valence-corrected chi connectivity index (χ2v) is 6.54. The van der Waals surface area contributed by atoms with Gasteiger partial charge in [0.25, 0.3) is 5.91 Å². The van der Waals surface area contributed by atoms with Crippen molar-refractivity contribution in [3.05, 3.63) is 95.4 Å². The van der Waals surface area contributed by atoms with Gasteiger partial charge in [0.2, 0.25) is 5.78 Å². The van der Waals surface area contributed by atoms with E-state index in [4.69, 9.17) is 9.15 Å². The Hall–Kier alpha value is -3.87. The molecule has 0 radical (unpaired) electrons. The SMILES string of the molecule is COc1ccc([C@H]2C(C(=O)c3ccco3)=C(O)C(=O)N2Cc2cccnc2)cc1. The summed E-state index contributed by atoms with van der Waals surface area (Å²) in [6.45, 7) is 0.183. The van der Waals surface area contributed by atoms with Crippen LogP contribution < -0.4 is 4.74 Å². The number of hydrogen-bond donors (Lipinski definition) is 1. The van der Waals surface area contributed by atoms with Crippen molar-refractivity contribution in [1.82, 2.24) is 9.88 Å². The minimum Gasteiger partial charge on any atom is -0.503 e. The Bertz CT molecular complexity index is 1060. The summed E-state index contributed by atoms with van der Waals surface area (Å²) in [5.41, 5.74) is 1.43. The molecule has 7 nitrogen and oxygen atoms in total. The molecule has 0 aliphatic carbocycles. The van der Waals surface area contributed by atoms with Gasteiger partial charge in [0.15, 0.2) is 11.5 Å². The van der Waals surface area contributed by atoms with Crippen LogP contribution in [0.4, 0.5) is 0 Å². The summed E-state index contributed by atoms with van der Waals surface area (Å²) in [5.74, 6) is -1.03. The molecule has 0 unspecified atom stereocenters. The number of aliphatic hydroxyl groups is 1. The highest BCUT2D eigenvalue weighted by Crippen LogP contribution is 2.40. The molecule has 1 aliphatic rings. The van der Waals surface area contributed by atoms with Crippen LogP contribution in [0.5, 0.6) is 5.75 Å². The van der Waals surface area contributed by atoms with E-state index < -0.39 is 23.5 Å². The third kappa shape index (κ3) is 3.38. The van der Waals surface area contributed by atoms with Crippen LogP contribution in [-0.2, 0) is 11.3 Å². The number of carbonyl (C=O) groups excluding carboxylic acids is 2. The van der Waals surface area contributed by atoms with Gasteiger partial charge in [0.05, 0.1) is 25.0 Å². The van der Waals surface area contributed by atoms with Crippen molar-refractivity contribution in [1.29, 1.82) is 0 Å². The minimum absolute atomic E-state index is 0.0148. The van der Waals surface area contributed by atoms with Crippen molar-refractivity contribution < 1.29 is 23.8 Å². The topological polar surface area (TPSA) is 92.9 Å². The number of furan rings is 1. The third-order valence-electron chi connectivity index (χ3n) is 4.80. The lowest BCUT2D eigenvalue weighted by Gasteiger charge is -2.26. The van der Waals surface area contributed by atoms with E-state index in [0.29, 0.717) is 11.3 Å². The summed E-state index contributed by atoms with van der Waals surface area (Å²) >= 11 is 0. The lowest BCUT2D eigenvalue weighted by atomic mass is 9.95. The molecule has 1 atom stereocenters. The molecule has 1 N–H and O–H groups in total. The molecule has 2 aromatic heterocycles. The standard InChI is InChI=1S/C22H18N2O5/c1-28-16-8-6-15(7-9-16)19-18(20(25)17-5-3-11-29-17)21(26)22(27)24(19)13-14-4-2-10-23-12-14/h2-12,19,26H,13H2,1H3/t19-/m0/s1. The predicted molar refractivity (Wildman–Crippen MR) is 103 cm³/mol. The molecule has 3 heterocycles. The van der Waals surface area contributed by atoms with Gasteiger partial charge in [-0.2, -0.15) is 0 Å². The number of hydrogen-bond acceptors (Lipinski definition) is 6. The van der Waals surface area contributed by atoms with E-state index in [-0.39, 0.29) is 17.9 Å². The lowest BCUT2D eigenvalue weighted by molar-refractivity contribution is -0.130. The van der Waals surface area contributed by atoms with Crippen molar-refractivity contribution in [2.75, 3.05) is 7.11 Å². The van der Waals surface area contributed by atoms with Gasteiger partial charge in [-0.1, -0.05) is 18.2 Å². The number of rotatable bonds is 6. The smallest absolute Gasteiger partial charge is 0.290 e. The summed E-state index contributed by atoms with van der Waals surface area (Å²) in [5, 5.41) is 10.6. The Morgan fingerprint density at radius 3 is 2.62 bits per heavy atom. The number of aromatic nitrogens is 1. The number of ether oxygens (including phenoxy) is 1. The Morgan fingerprint density at radius 2 is 2.00 bits per heavy atom. The van der Waals surface area contributed by atoms with Crippen molar-refractivity contribution in [2.45, 2.75) is 12.6 Å². The van der Waals surface area contributed by atoms with Gasteiger partial charge in [0, 0.05) is 18.9 Å². The highest BCUT2D eigenvalue weighted by molar-refractivity contribution is 6.14. The molecule has 0 spiro atoms. The molecule has 0 saturated carbocycles. The average Bonchev–Trinajstić information content (AvgIpc) is 3.38. The van der Waals surface area contributed by atoms with E-state index in [0.717, 1.165) is 5.56 Å². The molecule has 0 bridgehead atoms. The summed E-state index contributed by atoms with van der Waals surface area (Å²) in [6.07, 6.45) is 4.65. The third-order valence-corrected chi connectivity index (χ3v) is 4.80. The Labute approximate surface area is 166 Å². The van der Waals surface area contributed by atoms with E-state index in [9.17, 15) is 14.7 Å². The molecule has 0 fully saturated rings. The first-order valence-corrected chi connectivity index (χ1v) is 8.95. The van der Waals surface area contributed by atoms with Gasteiger partial charge >= 0.3 is 0 Å². The molecule has 7 heteroatoms. The van der Waals surface area contributed by atoms with Crippen LogP contribution in [0, 0.1) is 0 Å². The van der Waals surface area contributed by atoms with Crippen molar-refractivity contribution in [3.8, 4) is 5.75 Å². The van der Waals surface area contributed by atoms with Gasteiger partial charge in [0.1, 0.15) is 5.75 Å². The number of ketones is 1. The van der Waals surface area contributed by atoms with Crippen LogP contribution in [0.1, 0.15) is 27.7 Å². The van der Waals surface area contributed by atoms with Crippen LogP contribution in [0.15, 0.2) is 82.9 Å². The predicted octanol–water partition coefficient (Wildman–Crippen LogP) is 3.46. The molecule has 146 valence electrons. The van der Waals surface area contributed by atoms with Crippen molar-refractivity contribution in [3.63, 3.8) is 0 Å². The average molecular weight is 390 g/mol. The van der Waals surface area contributed by atoms with Gasteiger partial charge in [-0.3, -0.25) is 14.6 Å². The second kappa shape index (κ2) is 7.63. The van der Waals surface area contributed by atoms with E-state index in [1.54, 1.807) is 55.9 Å². The first-order chi connectivity index (χ1) is 14.1. The molecule has 1 aliphatic heterocycles. The van der Waals surface area contributed by atoms with E-state index in [2.05, 4.69) is 4.98 Å². The first-order valence-electron chi connectivity index (χ1n) is 8.95. The van der Waals surface area contributed by atoms with Crippen molar-refractivity contribution in [2.24, 2.45) is 0 Å². The quantitative estimate of drug-likeness (QED) is 0.648. The summed E-state index contributed by atoms with van der Waals surface area (Å²) in [6, 6.07) is 12.9. The van der Waals surface area contributed by atoms with E-state index in [1.807, 2.05) is 6.07 Å². The number of nitrogens with zero attached hydrogens (tertiary/aromatic N) is 2. The molecule has 0 saturated heterocycles. The monoisotopic (exact) mass is 390 g/mol. The number of carbonyl (C=O) groups is 2. The maximum Gasteiger partial charge on any atom is 0.290 e. The molecule has 1 amide bonds. The number of pyridine rings is 1. The Morgan fingerprint density at radius 1 is 1.21 bits per heavy atom. The fourth-order valence-corrected chi connectivity index (χ4v) is 3.41. The van der Waals surface area contributed by atoms with Gasteiger partial charge in [-0.15, -0.1) is 0 Å². The zero-order chi connectivity index (χ0) is 20.4. The summed E-state index contributed by atoms with van der Waals surface area (Å²) in [7, 11) is 1.56. The van der Waals surface area contributed by atoms with Gasteiger partial charge in [-0.05, 0) is 41.5 Å². The van der Waals surface area contributed by atoms with Gasteiger partial charge in [-0.25, -0.2) is 0 Å². The fourth-order valence-electron chi connectivity index (χ4n) is 3.41. The first kappa shape index (κ1) is 18.5. The number of amides is 1. The largest absolute Gasteiger partial charge is 0.503 e. The zero-order valence-electron chi connectivity index (χ0n) is 15.6. The Kier molecular flexibility index (Phi) is 4.87. The van der Waals surface area contributed by atoms with Gasteiger partial charge < -0.3 is 19.2 Å². The van der Waals surface area contributed by atoms with Crippen LogP contribution in [0.3, 0.4) is 0 Å².